The highest BCUT2D eigenvalue weighted by molar-refractivity contribution is 6.62. The number of aromatic nitrogens is 2. The van der Waals surface area contributed by atoms with Crippen LogP contribution in [0.4, 0.5) is 0 Å². The van der Waals surface area contributed by atoms with Crippen molar-refractivity contribution in [3.8, 4) is 11.4 Å². The van der Waals surface area contributed by atoms with Gasteiger partial charge >= 0.3 is 12.9 Å². The SMILES string of the molecule is CC(C)(C)n1c(-c2ccc(B3OC(C)(C)C(C)(C)O3)cc2)noc1=O. The molecule has 0 amide bonds. The molecule has 0 spiro atoms. The summed E-state index contributed by atoms with van der Waals surface area (Å²) in [5.74, 6) is 0.0514. The molecule has 0 atom stereocenters. The van der Waals surface area contributed by atoms with Crippen molar-refractivity contribution >= 4 is 12.6 Å². The van der Waals surface area contributed by atoms with Gasteiger partial charge in [0.05, 0.1) is 11.2 Å². The summed E-state index contributed by atoms with van der Waals surface area (Å²) in [7, 11) is -0.416. The highest BCUT2D eigenvalue weighted by atomic mass is 16.7. The van der Waals surface area contributed by atoms with E-state index in [1.807, 2.05) is 72.7 Å². The largest absolute Gasteiger partial charge is 0.494 e. The lowest BCUT2D eigenvalue weighted by Crippen LogP contribution is -2.41. The van der Waals surface area contributed by atoms with Gasteiger partial charge in [-0.2, -0.15) is 0 Å². The van der Waals surface area contributed by atoms with Crippen molar-refractivity contribution in [3.63, 3.8) is 0 Å². The summed E-state index contributed by atoms with van der Waals surface area (Å²) in [4.78, 5) is 12.0. The van der Waals surface area contributed by atoms with Crippen molar-refractivity contribution in [3.05, 3.63) is 34.8 Å². The van der Waals surface area contributed by atoms with E-state index in [0.717, 1.165) is 11.0 Å². The van der Waals surface area contributed by atoms with Crippen LogP contribution in [0.1, 0.15) is 48.5 Å². The molecule has 1 aliphatic heterocycles. The second kappa shape index (κ2) is 5.57. The summed E-state index contributed by atoms with van der Waals surface area (Å²) in [6.45, 7) is 13.9. The van der Waals surface area contributed by atoms with Gasteiger partial charge in [0, 0.05) is 11.1 Å². The highest BCUT2D eigenvalue weighted by Crippen LogP contribution is 2.36. The number of hydrogen-bond acceptors (Lipinski definition) is 5. The fraction of sp³-hybridized carbons (Fsp3) is 0.556. The molecule has 2 heterocycles. The fourth-order valence-corrected chi connectivity index (χ4v) is 2.79. The fourth-order valence-electron chi connectivity index (χ4n) is 2.79. The second-order valence-electron chi connectivity index (χ2n) is 8.49. The Hall–Kier alpha value is -1.86. The Kier molecular flexibility index (Phi) is 4.00. The minimum atomic E-state index is -0.461. The predicted octanol–water partition coefficient (Wildman–Crippen LogP) is 2.56. The quantitative estimate of drug-likeness (QED) is 0.784. The van der Waals surface area contributed by atoms with Gasteiger partial charge in [0.15, 0.2) is 5.82 Å². The summed E-state index contributed by atoms with van der Waals surface area (Å²) in [6, 6.07) is 7.67. The summed E-state index contributed by atoms with van der Waals surface area (Å²) in [6.07, 6.45) is 0. The van der Waals surface area contributed by atoms with Crippen LogP contribution in [0.25, 0.3) is 11.4 Å². The highest BCUT2D eigenvalue weighted by Gasteiger charge is 2.51. The van der Waals surface area contributed by atoms with Crippen LogP contribution >= 0.6 is 0 Å². The van der Waals surface area contributed by atoms with Gasteiger partial charge in [-0.15, -0.1) is 0 Å². The molecule has 1 aromatic heterocycles. The molecule has 0 unspecified atom stereocenters. The van der Waals surface area contributed by atoms with Gasteiger partial charge in [-0.25, -0.2) is 4.79 Å². The molecule has 0 N–H and O–H groups in total. The van der Waals surface area contributed by atoms with Gasteiger partial charge in [0.2, 0.25) is 0 Å². The number of benzene rings is 1. The van der Waals surface area contributed by atoms with E-state index < -0.39 is 18.4 Å². The van der Waals surface area contributed by atoms with Crippen LogP contribution in [0, 0.1) is 0 Å². The van der Waals surface area contributed by atoms with Crippen LogP contribution in [0.3, 0.4) is 0 Å². The van der Waals surface area contributed by atoms with E-state index in [0.29, 0.717) is 5.82 Å². The zero-order chi connectivity index (χ0) is 18.6. The van der Waals surface area contributed by atoms with Crippen LogP contribution in [0.15, 0.2) is 33.6 Å². The summed E-state index contributed by atoms with van der Waals surface area (Å²) in [5.41, 5.74) is 0.554. The first-order valence-corrected chi connectivity index (χ1v) is 8.47. The van der Waals surface area contributed by atoms with E-state index in [9.17, 15) is 4.79 Å². The first-order valence-electron chi connectivity index (χ1n) is 8.47. The second-order valence-corrected chi connectivity index (χ2v) is 8.49. The average Bonchev–Trinajstić information content (AvgIpc) is 2.96. The van der Waals surface area contributed by atoms with Crippen LogP contribution in [-0.2, 0) is 14.8 Å². The van der Waals surface area contributed by atoms with E-state index >= 15 is 0 Å². The van der Waals surface area contributed by atoms with E-state index in [2.05, 4.69) is 5.16 Å². The number of hydrogen-bond donors (Lipinski definition) is 0. The Morgan fingerprint density at radius 3 is 2.00 bits per heavy atom. The monoisotopic (exact) mass is 344 g/mol. The standard InChI is InChI=1S/C18H25BN2O4/c1-16(2,3)21-14(20-23-15(21)22)12-8-10-13(11-9-12)19-24-17(4,5)18(6,7)25-19/h8-11H,1-7H3. The molecule has 1 aromatic carbocycles. The molecule has 3 rings (SSSR count). The van der Waals surface area contributed by atoms with Crippen LogP contribution in [0.5, 0.6) is 0 Å². The zero-order valence-electron chi connectivity index (χ0n) is 15.9. The number of rotatable bonds is 2. The minimum absolute atomic E-state index is 0.380. The molecule has 2 aromatic rings. The third-order valence-electron chi connectivity index (χ3n) is 4.97. The smallest absolute Gasteiger partial charge is 0.399 e. The molecule has 0 bridgehead atoms. The molecule has 134 valence electrons. The lowest BCUT2D eigenvalue weighted by Gasteiger charge is -2.32. The first kappa shape index (κ1) is 18.0. The summed E-state index contributed by atoms with van der Waals surface area (Å²) < 4.78 is 18.6. The molecule has 6 nitrogen and oxygen atoms in total. The number of nitrogens with zero attached hydrogens (tertiary/aromatic N) is 2. The summed E-state index contributed by atoms with van der Waals surface area (Å²) in [5, 5.41) is 3.94. The molecule has 0 saturated carbocycles. The van der Waals surface area contributed by atoms with Crippen molar-refractivity contribution < 1.29 is 13.8 Å². The lowest BCUT2D eigenvalue weighted by atomic mass is 9.79. The minimum Gasteiger partial charge on any atom is -0.399 e. The van der Waals surface area contributed by atoms with Gasteiger partial charge < -0.3 is 9.31 Å². The zero-order valence-corrected chi connectivity index (χ0v) is 15.9. The Bertz CT molecular complexity index is 812. The van der Waals surface area contributed by atoms with Crippen LogP contribution in [0.2, 0.25) is 0 Å². The Morgan fingerprint density at radius 2 is 1.52 bits per heavy atom. The topological polar surface area (TPSA) is 66.5 Å². The third kappa shape index (κ3) is 3.07. The maximum Gasteiger partial charge on any atom is 0.494 e. The maximum atomic E-state index is 12.0. The Morgan fingerprint density at radius 1 is 1.00 bits per heavy atom. The first-order chi connectivity index (χ1) is 11.4. The molecule has 1 saturated heterocycles. The maximum absolute atomic E-state index is 12.0. The van der Waals surface area contributed by atoms with Crippen LogP contribution < -0.4 is 11.2 Å². The Balaban J connectivity index is 1.92. The van der Waals surface area contributed by atoms with E-state index in [1.165, 1.54) is 0 Å². The van der Waals surface area contributed by atoms with Gasteiger partial charge in [0.25, 0.3) is 0 Å². The molecule has 0 aliphatic carbocycles. The molecular weight excluding hydrogens is 319 g/mol. The normalized spacial score (nSPS) is 19.4. The van der Waals surface area contributed by atoms with Gasteiger partial charge in [-0.05, 0) is 53.9 Å². The van der Waals surface area contributed by atoms with E-state index in [-0.39, 0.29) is 11.2 Å². The Labute approximate surface area is 148 Å². The predicted molar refractivity (Wildman–Crippen MR) is 96.9 cm³/mol. The molecule has 1 aliphatic rings. The van der Waals surface area contributed by atoms with E-state index in [1.54, 1.807) is 4.57 Å². The molecular formula is C18H25BN2O4. The van der Waals surface area contributed by atoms with Crippen LogP contribution in [-0.4, -0.2) is 28.0 Å². The third-order valence-corrected chi connectivity index (χ3v) is 4.97. The molecule has 1 fully saturated rings. The average molecular weight is 344 g/mol. The summed E-state index contributed by atoms with van der Waals surface area (Å²) >= 11 is 0. The van der Waals surface area contributed by atoms with Crippen molar-refractivity contribution in [1.82, 2.24) is 9.72 Å². The van der Waals surface area contributed by atoms with Gasteiger partial charge in [-0.3, -0.25) is 9.09 Å². The van der Waals surface area contributed by atoms with Crippen molar-refractivity contribution in [1.29, 1.82) is 0 Å². The molecule has 0 radical (unpaired) electrons. The van der Waals surface area contributed by atoms with Crippen molar-refractivity contribution in [2.24, 2.45) is 0 Å². The van der Waals surface area contributed by atoms with Crippen molar-refractivity contribution in [2.45, 2.75) is 65.2 Å². The van der Waals surface area contributed by atoms with Gasteiger partial charge in [-0.1, -0.05) is 29.4 Å². The van der Waals surface area contributed by atoms with Crippen molar-refractivity contribution in [2.75, 3.05) is 0 Å². The lowest BCUT2D eigenvalue weighted by molar-refractivity contribution is 0.00578. The van der Waals surface area contributed by atoms with Gasteiger partial charge in [0.1, 0.15) is 0 Å². The molecule has 7 heteroatoms. The molecule has 25 heavy (non-hydrogen) atoms. The van der Waals surface area contributed by atoms with E-state index in [4.69, 9.17) is 13.8 Å².